The minimum Gasteiger partial charge on any atom is -0.326 e. The average Bonchev–Trinajstić information content (AvgIpc) is 2.48. The Labute approximate surface area is 135 Å². The molecule has 21 heavy (non-hydrogen) atoms. The van der Waals surface area contributed by atoms with Gasteiger partial charge in [0, 0.05) is 37.2 Å². The SMILES string of the molecule is CCCN1CCN(S(=O)(=O)c2cc(CN)ccc2Br)CC1. The van der Waals surface area contributed by atoms with Crippen LogP contribution >= 0.6 is 15.9 Å². The maximum absolute atomic E-state index is 12.8. The summed E-state index contributed by atoms with van der Waals surface area (Å²) >= 11 is 3.34. The van der Waals surface area contributed by atoms with Crippen molar-refractivity contribution < 1.29 is 8.42 Å². The van der Waals surface area contributed by atoms with E-state index in [0.29, 0.717) is 29.0 Å². The first-order valence-electron chi connectivity index (χ1n) is 7.20. The van der Waals surface area contributed by atoms with E-state index in [-0.39, 0.29) is 0 Å². The van der Waals surface area contributed by atoms with Crippen molar-refractivity contribution in [1.29, 1.82) is 0 Å². The van der Waals surface area contributed by atoms with Gasteiger partial charge in [0.1, 0.15) is 0 Å². The van der Waals surface area contributed by atoms with Gasteiger partial charge >= 0.3 is 0 Å². The van der Waals surface area contributed by atoms with Gasteiger partial charge < -0.3 is 10.6 Å². The molecule has 0 bridgehead atoms. The number of rotatable bonds is 5. The highest BCUT2D eigenvalue weighted by molar-refractivity contribution is 9.10. The van der Waals surface area contributed by atoms with Crippen LogP contribution in [0.2, 0.25) is 0 Å². The Hall–Kier alpha value is -0.470. The molecule has 1 aromatic rings. The summed E-state index contributed by atoms with van der Waals surface area (Å²) in [5.41, 5.74) is 6.43. The van der Waals surface area contributed by atoms with Gasteiger partial charge in [0.05, 0.1) is 4.90 Å². The maximum Gasteiger partial charge on any atom is 0.244 e. The number of benzene rings is 1. The van der Waals surface area contributed by atoms with Crippen molar-refractivity contribution in [3.8, 4) is 0 Å². The largest absolute Gasteiger partial charge is 0.326 e. The van der Waals surface area contributed by atoms with Gasteiger partial charge in [-0.3, -0.25) is 0 Å². The first-order chi connectivity index (χ1) is 9.98. The van der Waals surface area contributed by atoms with Gasteiger partial charge in [-0.2, -0.15) is 4.31 Å². The second kappa shape index (κ2) is 7.19. The lowest BCUT2D eigenvalue weighted by Gasteiger charge is -2.34. The van der Waals surface area contributed by atoms with Crippen molar-refractivity contribution in [2.75, 3.05) is 32.7 Å². The van der Waals surface area contributed by atoms with E-state index < -0.39 is 10.0 Å². The third-order valence-electron chi connectivity index (χ3n) is 3.72. The highest BCUT2D eigenvalue weighted by Crippen LogP contribution is 2.27. The van der Waals surface area contributed by atoms with Crippen LogP contribution in [0.3, 0.4) is 0 Å². The number of nitrogens with two attached hydrogens (primary N) is 1. The van der Waals surface area contributed by atoms with Crippen LogP contribution in [0.1, 0.15) is 18.9 Å². The molecule has 0 radical (unpaired) electrons. The van der Waals surface area contributed by atoms with Crippen molar-refractivity contribution >= 4 is 26.0 Å². The van der Waals surface area contributed by atoms with Crippen molar-refractivity contribution in [1.82, 2.24) is 9.21 Å². The second-order valence-corrected chi connectivity index (χ2v) is 7.98. The van der Waals surface area contributed by atoms with Crippen LogP contribution in [0.5, 0.6) is 0 Å². The molecule has 1 aliphatic rings. The second-order valence-electron chi connectivity index (χ2n) is 5.21. The predicted octanol–water partition coefficient (Wildman–Crippen LogP) is 1.62. The number of nitrogens with zero attached hydrogens (tertiary/aromatic N) is 2. The normalized spacial score (nSPS) is 18.0. The molecule has 1 aliphatic heterocycles. The number of sulfonamides is 1. The Balaban J connectivity index is 2.19. The zero-order valence-electron chi connectivity index (χ0n) is 12.3. The molecule has 0 saturated carbocycles. The van der Waals surface area contributed by atoms with Gasteiger partial charge in [-0.15, -0.1) is 0 Å². The predicted molar refractivity (Wildman–Crippen MR) is 87.5 cm³/mol. The van der Waals surface area contributed by atoms with Crippen molar-refractivity contribution in [2.45, 2.75) is 24.8 Å². The van der Waals surface area contributed by atoms with Gasteiger partial charge in [-0.1, -0.05) is 13.0 Å². The summed E-state index contributed by atoms with van der Waals surface area (Å²) in [6, 6.07) is 5.25. The van der Waals surface area contributed by atoms with Crippen LogP contribution in [-0.4, -0.2) is 50.3 Å². The highest BCUT2D eigenvalue weighted by Gasteiger charge is 2.29. The molecule has 1 heterocycles. The van der Waals surface area contributed by atoms with Crippen LogP contribution < -0.4 is 5.73 Å². The molecule has 1 aromatic carbocycles. The Morgan fingerprint density at radius 3 is 2.48 bits per heavy atom. The van der Waals surface area contributed by atoms with Gasteiger partial charge in [0.25, 0.3) is 0 Å². The van der Waals surface area contributed by atoms with E-state index in [4.69, 9.17) is 5.73 Å². The van der Waals surface area contributed by atoms with Gasteiger partial charge in [-0.05, 0) is 46.6 Å². The van der Waals surface area contributed by atoms with Gasteiger partial charge in [0.2, 0.25) is 10.0 Å². The third-order valence-corrected chi connectivity index (χ3v) is 6.61. The Morgan fingerprint density at radius 2 is 1.90 bits per heavy atom. The molecule has 0 unspecified atom stereocenters. The van der Waals surface area contributed by atoms with Gasteiger partial charge in [0.15, 0.2) is 0 Å². The monoisotopic (exact) mass is 375 g/mol. The lowest BCUT2D eigenvalue weighted by molar-refractivity contribution is 0.188. The minimum atomic E-state index is -3.46. The van der Waals surface area contributed by atoms with E-state index in [0.717, 1.165) is 31.6 Å². The fourth-order valence-corrected chi connectivity index (χ4v) is 4.92. The van der Waals surface area contributed by atoms with Crippen molar-refractivity contribution in [2.24, 2.45) is 5.73 Å². The molecular weight excluding hydrogens is 354 g/mol. The Morgan fingerprint density at radius 1 is 1.24 bits per heavy atom. The zero-order valence-corrected chi connectivity index (χ0v) is 14.7. The van der Waals surface area contributed by atoms with E-state index in [1.165, 1.54) is 0 Å². The van der Waals surface area contributed by atoms with E-state index in [2.05, 4.69) is 27.8 Å². The number of hydrogen-bond acceptors (Lipinski definition) is 4. The molecule has 0 atom stereocenters. The molecule has 0 amide bonds. The van der Waals surface area contributed by atoms with Crippen molar-refractivity contribution in [3.63, 3.8) is 0 Å². The van der Waals surface area contributed by atoms with E-state index >= 15 is 0 Å². The lowest BCUT2D eigenvalue weighted by atomic mass is 10.2. The summed E-state index contributed by atoms with van der Waals surface area (Å²) in [6.45, 7) is 6.17. The molecule has 1 saturated heterocycles. The molecule has 5 nitrogen and oxygen atoms in total. The van der Waals surface area contributed by atoms with Crippen LogP contribution in [0, 0.1) is 0 Å². The molecule has 2 N–H and O–H groups in total. The zero-order chi connectivity index (χ0) is 15.5. The van der Waals surface area contributed by atoms with E-state index in [9.17, 15) is 8.42 Å². The summed E-state index contributed by atoms with van der Waals surface area (Å²) in [7, 11) is -3.46. The summed E-state index contributed by atoms with van der Waals surface area (Å²) in [4.78, 5) is 2.62. The standard InChI is InChI=1S/C14H22BrN3O2S/c1-2-5-17-6-8-18(9-7-17)21(19,20)14-10-12(11-16)3-4-13(14)15/h3-4,10H,2,5-9,11,16H2,1H3. The van der Waals surface area contributed by atoms with Crippen LogP contribution in [-0.2, 0) is 16.6 Å². The van der Waals surface area contributed by atoms with E-state index in [1.54, 1.807) is 16.4 Å². The molecule has 118 valence electrons. The van der Waals surface area contributed by atoms with Crippen LogP contribution in [0.4, 0.5) is 0 Å². The minimum absolute atomic E-state index is 0.314. The quantitative estimate of drug-likeness (QED) is 0.848. The number of hydrogen-bond donors (Lipinski definition) is 1. The fourth-order valence-electron chi connectivity index (χ4n) is 2.52. The molecular formula is C14H22BrN3O2S. The third kappa shape index (κ3) is 3.84. The first kappa shape index (κ1) is 16.9. The highest BCUT2D eigenvalue weighted by atomic mass is 79.9. The molecule has 7 heteroatoms. The first-order valence-corrected chi connectivity index (χ1v) is 9.43. The fraction of sp³-hybridized carbons (Fsp3) is 0.571. The topological polar surface area (TPSA) is 66.6 Å². The molecule has 0 aromatic heterocycles. The number of piperazine rings is 1. The summed E-state index contributed by atoms with van der Waals surface area (Å²) < 4.78 is 27.7. The van der Waals surface area contributed by atoms with Crippen molar-refractivity contribution in [3.05, 3.63) is 28.2 Å². The Kier molecular flexibility index (Phi) is 5.79. The molecule has 2 rings (SSSR count). The van der Waals surface area contributed by atoms with Crippen LogP contribution in [0.15, 0.2) is 27.6 Å². The Bertz CT molecular complexity index is 584. The van der Waals surface area contributed by atoms with Gasteiger partial charge in [-0.25, -0.2) is 8.42 Å². The maximum atomic E-state index is 12.8. The molecule has 0 spiro atoms. The lowest BCUT2D eigenvalue weighted by Crippen LogP contribution is -2.48. The summed E-state index contributed by atoms with van der Waals surface area (Å²) in [5.74, 6) is 0. The smallest absolute Gasteiger partial charge is 0.244 e. The number of halogens is 1. The van der Waals surface area contributed by atoms with E-state index in [1.807, 2.05) is 6.07 Å². The summed E-state index contributed by atoms with van der Waals surface area (Å²) in [5, 5.41) is 0. The summed E-state index contributed by atoms with van der Waals surface area (Å²) in [6.07, 6.45) is 1.09. The molecule has 0 aliphatic carbocycles. The molecule has 1 fully saturated rings. The van der Waals surface area contributed by atoms with Crippen LogP contribution in [0.25, 0.3) is 0 Å². The average molecular weight is 376 g/mol.